The van der Waals surface area contributed by atoms with E-state index in [0.717, 1.165) is 63.0 Å². The van der Waals surface area contributed by atoms with Gasteiger partial charge in [0.1, 0.15) is 0 Å². The van der Waals surface area contributed by atoms with Crippen LogP contribution < -0.4 is 10.6 Å². The van der Waals surface area contributed by atoms with E-state index in [4.69, 9.17) is 9.73 Å². The second-order valence-corrected chi connectivity index (χ2v) is 9.18. The minimum atomic E-state index is 0.217. The SMILES string of the molecule is CCNC(=NCC1(SCC)CCOCC1)NC(C)Cc1c(C)nn(C)c1C. The molecule has 2 rings (SSSR count). The molecule has 1 saturated heterocycles. The molecule has 1 aromatic rings. The molecule has 2 heterocycles. The summed E-state index contributed by atoms with van der Waals surface area (Å²) in [6.07, 6.45) is 3.11. The molecule has 1 aliphatic heterocycles. The van der Waals surface area contributed by atoms with Gasteiger partial charge in [0, 0.05) is 43.3 Å². The van der Waals surface area contributed by atoms with Gasteiger partial charge >= 0.3 is 0 Å². The molecule has 1 atom stereocenters. The van der Waals surface area contributed by atoms with Crippen molar-refractivity contribution in [3.8, 4) is 0 Å². The molecule has 1 unspecified atom stereocenters. The van der Waals surface area contributed by atoms with Crippen LogP contribution in [-0.2, 0) is 18.2 Å². The Balaban J connectivity index is 2.03. The molecule has 0 radical (unpaired) electrons. The van der Waals surface area contributed by atoms with Gasteiger partial charge in [0.25, 0.3) is 0 Å². The molecule has 7 heteroatoms. The van der Waals surface area contributed by atoms with Crippen molar-refractivity contribution in [2.45, 2.75) is 64.7 Å². The number of hydrogen-bond acceptors (Lipinski definition) is 4. The topological polar surface area (TPSA) is 63.5 Å². The fraction of sp³-hybridized carbons (Fsp3) is 0.800. The van der Waals surface area contributed by atoms with Crippen LogP contribution in [0.2, 0.25) is 0 Å². The van der Waals surface area contributed by atoms with Crippen molar-refractivity contribution in [1.82, 2.24) is 20.4 Å². The number of hydrogen-bond donors (Lipinski definition) is 2. The third-order valence-corrected chi connectivity index (χ3v) is 6.71. The number of guanidine groups is 1. The molecule has 1 fully saturated rings. The zero-order valence-electron chi connectivity index (χ0n) is 17.9. The van der Waals surface area contributed by atoms with Gasteiger partial charge in [-0.1, -0.05) is 6.92 Å². The van der Waals surface area contributed by atoms with Gasteiger partial charge < -0.3 is 15.4 Å². The Bertz CT molecular complexity index is 617. The highest BCUT2D eigenvalue weighted by Gasteiger charge is 2.32. The molecule has 1 aliphatic rings. The number of rotatable bonds is 8. The van der Waals surface area contributed by atoms with Crippen molar-refractivity contribution < 1.29 is 4.74 Å². The predicted molar refractivity (Wildman–Crippen MR) is 116 cm³/mol. The van der Waals surface area contributed by atoms with Crippen molar-refractivity contribution in [2.75, 3.05) is 32.1 Å². The molecule has 0 saturated carbocycles. The van der Waals surface area contributed by atoms with E-state index in [1.807, 2.05) is 23.5 Å². The third kappa shape index (κ3) is 6.14. The third-order valence-electron chi connectivity index (χ3n) is 5.28. The van der Waals surface area contributed by atoms with Crippen molar-refractivity contribution in [2.24, 2.45) is 12.0 Å². The van der Waals surface area contributed by atoms with Crippen LogP contribution in [-0.4, -0.2) is 58.6 Å². The maximum absolute atomic E-state index is 5.58. The summed E-state index contributed by atoms with van der Waals surface area (Å²) >= 11 is 2.03. The van der Waals surface area contributed by atoms with Gasteiger partial charge in [0.15, 0.2) is 5.96 Å². The average molecular weight is 396 g/mol. The predicted octanol–water partition coefficient (Wildman–Crippen LogP) is 2.83. The van der Waals surface area contributed by atoms with Crippen molar-refractivity contribution in [3.63, 3.8) is 0 Å². The molecule has 0 aromatic carbocycles. The first-order valence-corrected chi connectivity index (χ1v) is 11.1. The molecule has 27 heavy (non-hydrogen) atoms. The maximum atomic E-state index is 5.58. The Labute approximate surface area is 168 Å². The van der Waals surface area contributed by atoms with E-state index in [1.165, 1.54) is 11.3 Å². The number of nitrogens with zero attached hydrogens (tertiary/aromatic N) is 3. The van der Waals surface area contributed by atoms with Crippen molar-refractivity contribution >= 4 is 17.7 Å². The van der Waals surface area contributed by atoms with E-state index in [2.05, 4.69) is 50.4 Å². The minimum absolute atomic E-state index is 0.217. The highest BCUT2D eigenvalue weighted by molar-refractivity contribution is 8.00. The lowest BCUT2D eigenvalue weighted by atomic mass is 9.99. The van der Waals surface area contributed by atoms with Crippen LogP contribution in [0.3, 0.4) is 0 Å². The van der Waals surface area contributed by atoms with Crippen LogP contribution in [0.4, 0.5) is 0 Å². The van der Waals surface area contributed by atoms with Gasteiger partial charge in [-0.05, 0) is 58.3 Å². The molecule has 0 amide bonds. The summed E-state index contributed by atoms with van der Waals surface area (Å²) < 4.78 is 7.76. The largest absolute Gasteiger partial charge is 0.381 e. The first-order chi connectivity index (χ1) is 12.9. The lowest BCUT2D eigenvalue weighted by Gasteiger charge is -2.35. The summed E-state index contributed by atoms with van der Waals surface area (Å²) in [6, 6.07) is 0.286. The summed E-state index contributed by atoms with van der Waals surface area (Å²) in [5.41, 5.74) is 3.69. The van der Waals surface area contributed by atoms with E-state index in [0.29, 0.717) is 0 Å². The number of nitrogens with one attached hydrogen (secondary N) is 2. The Morgan fingerprint density at radius 1 is 1.33 bits per heavy atom. The number of aliphatic imine (C=N–C) groups is 1. The van der Waals surface area contributed by atoms with Gasteiger partial charge in [-0.15, -0.1) is 0 Å². The summed E-state index contributed by atoms with van der Waals surface area (Å²) in [4.78, 5) is 4.96. The van der Waals surface area contributed by atoms with Crippen molar-refractivity contribution in [1.29, 1.82) is 0 Å². The van der Waals surface area contributed by atoms with Gasteiger partial charge in [0.2, 0.25) is 0 Å². The zero-order chi connectivity index (χ0) is 19.9. The van der Waals surface area contributed by atoms with Crippen LogP contribution in [0.15, 0.2) is 4.99 Å². The molecule has 0 bridgehead atoms. The van der Waals surface area contributed by atoms with Crippen LogP contribution in [0.25, 0.3) is 0 Å². The summed E-state index contributed by atoms with van der Waals surface area (Å²) in [7, 11) is 2.01. The van der Waals surface area contributed by atoms with E-state index in [9.17, 15) is 0 Å². The first kappa shape index (κ1) is 22.1. The fourth-order valence-electron chi connectivity index (χ4n) is 3.64. The van der Waals surface area contributed by atoms with Gasteiger partial charge in [-0.2, -0.15) is 16.9 Å². The molecule has 6 nitrogen and oxygen atoms in total. The van der Waals surface area contributed by atoms with Crippen LogP contribution in [0.5, 0.6) is 0 Å². The number of ether oxygens (including phenoxy) is 1. The Hall–Kier alpha value is -1.21. The van der Waals surface area contributed by atoms with Gasteiger partial charge in [-0.3, -0.25) is 9.67 Å². The van der Waals surface area contributed by atoms with Crippen molar-refractivity contribution in [3.05, 3.63) is 17.0 Å². The molecular weight excluding hydrogens is 358 g/mol. The van der Waals surface area contributed by atoms with Gasteiger partial charge in [-0.25, -0.2) is 0 Å². The second kappa shape index (κ2) is 10.4. The minimum Gasteiger partial charge on any atom is -0.381 e. The average Bonchev–Trinajstić information content (AvgIpc) is 2.87. The molecule has 0 spiro atoms. The lowest BCUT2D eigenvalue weighted by molar-refractivity contribution is 0.0793. The quantitative estimate of drug-likeness (QED) is 0.523. The number of aromatic nitrogens is 2. The molecule has 2 N–H and O–H groups in total. The normalized spacial score (nSPS) is 18.4. The van der Waals surface area contributed by atoms with E-state index < -0.39 is 0 Å². The molecule has 1 aromatic heterocycles. The van der Waals surface area contributed by atoms with E-state index >= 15 is 0 Å². The maximum Gasteiger partial charge on any atom is 0.191 e. The van der Waals surface area contributed by atoms with Crippen LogP contribution in [0, 0.1) is 13.8 Å². The summed E-state index contributed by atoms with van der Waals surface area (Å²) in [6.45, 7) is 14.2. The van der Waals surface area contributed by atoms with Crippen LogP contribution in [0.1, 0.15) is 50.6 Å². The van der Waals surface area contributed by atoms with E-state index in [-0.39, 0.29) is 10.8 Å². The van der Waals surface area contributed by atoms with Crippen LogP contribution >= 0.6 is 11.8 Å². The smallest absolute Gasteiger partial charge is 0.191 e. The monoisotopic (exact) mass is 395 g/mol. The summed E-state index contributed by atoms with van der Waals surface area (Å²) in [5, 5.41) is 11.5. The first-order valence-electron chi connectivity index (χ1n) is 10.2. The number of aryl methyl sites for hydroxylation is 2. The molecular formula is C20H37N5OS. The zero-order valence-corrected chi connectivity index (χ0v) is 18.7. The fourth-order valence-corrected chi connectivity index (χ4v) is 4.87. The molecule has 154 valence electrons. The number of thioether (sulfide) groups is 1. The highest BCUT2D eigenvalue weighted by atomic mass is 32.2. The Morgan fingerprint density at radius 3 is 2.59 bits per heavy atom. The Kier molecular flexibility index (Phi) is 8.48. The summed E-state index contributed by atoms with van der Waals surface area (Å²) in [5.74, 6) is 2.03. The highest BCUT2D eigenvalue weighted by Crippen LogP contribution is 2.35. The standard InChI is InChI=1S/C20H37N5OS/c1-7-21-19(22-14-20(27-8-2)9-11-26-12-10-20)23-15(3)13-18-16(4)24-25(6)17(18)5/h15H,7-14H2,1-6H3,(H2,21,22,23). The van der Waals surface area contributed by atoms with E-state index in [1.54, 1.807) is 0 Å². The van der Waals surface area contributed by atoms with Gasteiger partial charge in [0.05, 0.1) is 12.2 Å². The second-order valence-electron chi connectivity index (χ2n) is 7.45. The molecule has 0 aliphatic carbocycles. The lowest BCUT2D eigenvalue weighted by Crippen LogP contribution is -2.45. The Morgan fingerprint density at radius 2 is 2.04 bits per heavy atom.